The summed E-state index contributed by atoms with van der Waals surface area (Å²) in [5.74, 6) is -2.62. The predicted octanol–water partition coefficient (Wildman–Crippen LogP) is 2.23. The zero-order chi connectivity index (χ0) is 17.6. The van der Waals surface area contributed by atoms with E-state index in [-0.39, 0.29) is 11.5 Å². The Hall–Kier alpha value is -3.79. The maximum Gasteiger partial charge on any atom is 0.250 e. The summed E-state index contributed by atoms with van der Waals surface area (Å²) in [7, 11) is 0. The number of rotatable bonds is 5. The van der Waals surface area contributed by atoms with Gasteiger partial charge in [-0.2, -0.15) is 10.4 Å². The molecule has 7 heteroatoms. The van der Waals surface area contributed by atoms with Crippen LogP contribution in [-0.4, -0.2) is 26.5 Å². The van der Waals surface area contributed by atoms with Gasteiger partial charge in [-0.1, -0.05) is 24.3 Å². The quantitative estimate of drug-likeness (QED) is 0.571. The van der Waals surface area contributed by atoms with Crippen molar-refractivity contribution in [1.82, 2.24) is 14.8 Å². The summed E-state index contributed by atoms with van der Waals surface area (Å²) >= 11 is 0. The molecule has 0 aliphatic rings. The molecule has 0 unspecified atom stereocenters. The van der Waals surface area contributed by atoms with E-state index in [9.17, 15) is 14.9 Å². The molecule has 0 saturated heterocycles. The highest BCUT2D eigenvalue weighted by molar-refractivity contribution is 6.14. The first-order chi connectivity index (χ1) is 12.2. The van der Waals surface area contributed by atoms with Crippen molar-refractivity contribution in [3.8, 4) is 11.8 Å². The molecule has 0 spiro atoms. The molecule has 122 valence electrons. The third kappa shape index (κ3) is 3.59. The van der Waals surface area contributed by atoms with Gasteiger partial charge in [0, 0.05) is 12.4 Å². The molecule has 2 aromatic heterocycles. The number of nitriles is 1. The van der Waals surface area contributed by atoms with Gasteiger partial charge in [0.1, 0.15) is 11.5 Å². The molecule has 0 saturated carbocycles. The monoisotopic (exact) mass is 331 g/mol. The number of para-hydroxylation sites is 1. The summed E-state index contributed by atoms with van der Waals surface area (Å²) in [6, 6.07) is 17.4. The topological polar surface area (TPSA) is 101 Å². The van der Waals surface area contributed by atoms with Gasteiger partial charge in [0.25, 0.3) is 5.91 Å². The number of amides is 1. The Balaban J connectivity index is 1.78. The molecular formula is C18H13N5O2. The number of Topliss-reactive ketones (excluding diaryl/α,β-unsaturated/α-hetero) is 1. The molecule has 0 bridgehead atoms. The molecule has 0 fully saturated rings. The van der Waals surface area contributed by atoms with Crippen LogP contribution in [0.3, 0.4) is 0 Å². The zero-order valence-electron chi connectivity index (χ0n) is 13.0. The van der Waals surface area contributed by atoms with Crippen LogP contribution in [0.4, 0.5) is 5.82 Å². The van der Waals surface area contributed by atoms with E-state index in [1.165, 1.54) is 16.9 Å². The molecule has 0 aliphatic heterocycles. The van der Waals surface area contributed by atoms with Crippen LogP contribution in [0, 0.1) is 17.2 Å². The van der Waals surface area contributed by atoms with Gasteiger partial charge in [-0.25, -0.2) is 9.67 Å². The first-order valence-electron chi connectivity index (χ1n) is 7.46. The fourth-order valence-corrected chi connectivity index (χ4v) is 2.20. The number of hydrogen-bond acceptors (Lipinski definition) is 5. The van der Waals surface area contributed by atoms with Gasteiger partial charge in [-0.3, -0.25) is 9.59 Å². The first-order valence-corrected chi connectivity index (χ1v) is 7.46. The van der Waals surface area contributed by atoms with Crippen molar-refractivity contribution >= 4 is 17.5 Å². The number of carbonyl (C=O) groups is 2. The van der Waals surface area contributed by atoms with Crippen LogP contribution in [0.2, 0.25) is 0 Å². The van der Waals surface area contributed by atoms with Gasteiger partial charge >= 0.3 is 0 Å². The second-order valence-electron chi connectivity index (χ2n) is 5.11. The van der Waals surface area contributed by atoms with E-state index < -0.39 is 17.6 Å². The summed E-state index contributed by atoms with van der Waals surface area (Å²) in [5.41, 5.74) is 0.819. The lowest BCUT2D eigenvalue weighted by Gasteiger charge is -2.07. The third-order valence-electron chi connectivity index (χ3n) is 3.43. The molecule has 3 rings (SSSR count). The standard InChI is InChI=1S/C18H13N5O2/c19-12-14(18(25)21-16-8-4-5-10-20-16)17(24)15-9-11-23(22-15)13-6-2-1-3-7-13/h1-11,14H,(H,20,21,25)/t14-/m1/s1. The van der Waals surface area contributed by atoms with E-state index >= 15 is 0 Å². The van der Waals surface area contributed by atoms with Crippen LogP contribution in [0.1, 0.15) is 10.5 Å². The van der Waals surface area contributed by atoms with Crippen LogP contribution in [0.5, 0.6) is 0 Å². The van der Waals surface area contributed by atoms with Gasteiger partial charge < -0.3 is 5.32 Å². The van der Waals surface area contributed by atoms with Gasteiger partial charge in [0.05, 0.1) is 11.8 Å². The molecule has 3 aromatic rings. The Labute approximate surface area is 143 Å². The van der Waals surface area contributed by atoms with Crippen LogP contribution >= 0.6 is 0 Å². The van der Waals surface area contributed by atoms with E-state index in [4.69, 9.17) is 0 Å². The Morgan fingerprint density at radius 2 is 1.84 bits per heavy atom. The highest BCUT2D eigenvalue weighted by atomic mass is 16.2. The third-order valence-corrected chi connectivity index (χ3v) is 3.43. The number of nitrogens with zero attached hydrogens (tertiary/aromatic N) is 4. The number of ketones is 1. The minimum absolute atomic E-state index is 0.0478. The lowest BCUT2D eigenvalue weighted by Crippen LogP contribution is -2.29. The van der Waals surface area contributed by atoms with E-state index in [0.717, 1.165) is 5.69 Å². The Kier molecular flexibility index (Phi) is 4.62. The number of nitrogens with one attached hydrogen (secondary N) is 1. The summed E-state index contributed by atoms with van der Waals surface area (Å²) in [6.45, 7) is 0. The van der Waals surface area contributed by atoms with Crippen molar-refractivity contribution in [2.45, 2.75) is 0 Å². The maximum absolute atomic E-state index is 12.5. The molecule has 1 N–H and O–H groups in total. The van der Waals surface area contributed by atoms with Crippen molar-refractivity contribution in [2.24, 2.45) is 5.92 Å². The molecule has 0 aliphatic carbocycles. The largest absolute Gasteiger partial charge is 0.309 e. The van der Waals surface area contributed by atoms with Crippen molar-refractivity contribution in [3.05, 3.63) is 72.7 Å². The van der Waals surface area contributed by atoms with Crippen LogP contribution in [0.25, 0.3) is 5.69 Å². The maximum atomic E-state index is 12.5. The predicted molar refractivity (Wildman–Crippen MR) is 89.9 cm³/mol. The first kappa shape index (κ1) is 16.1. The fraction of sp³-hybridized carbons (Fsp3) is 0.0556. The smallest absolute Gasteiger partial charge is 0.250 e. The number of benzene rings is 1. The number of pyridine rings is 1. The van der Waals surface area contributed by atoms with Crippen LogP contribution < -0.4 is 5.32 Å². The highest BCUT2D eigenvalue weighted by Gasteiger charge is 2.29. The molecule has 1 amide bonds. The minimum Gasteiger partial charge on any atom is -0.309 e. The van der Waals surface area contributed by atoms with Crippen LogP contribution in [0.15, 0.2) is 67.0 Å². The number of anilines is 1. The van der Waals surface area contributed by atoms with E-state index in [1.807, 2.05) is 30.3 Å². The minimum atomic E-state index is -1.50. The summed E-state index contributed by atoms with van der Waals surface area (Å²) in [4.78, 5) is 28.6. The average molecular weight is 331 g/mol. The summed E-state index contributed by atoms with van der Waals surface area (Å²) < 4.78 is 1.51. The van der Waals surface area contributed by atoms with Crippen molar-refractivity contribution in [2.75, 3.05) is 5.32 Å². The second-order valence-corrected chi connectivity index (χ2v) is 5.11. The number of aromatic nitrogens is 3. The van der Waals surface area contributed by atoms with Gasteiger partial charge in [0.15, 0.2) is 5.92 Å². The number of hydrogen-bond donors (Lipinski definition) is 1. The fourth-order valence-electron chi connectivity index (χ4n) is 2.20. The number of carbonyl (C=O) groups excluding carboxylic acids is 2. The highest BCUT2D eigenvalue weighted by Crippen LogP contribution is 2.12. The lowest BCUT2D eigenvalue weighted by molar-refractivity contribution is -0.117. The zero-order valence-corrected chi connectivity index (χ0v) is 13.0. The second kappa shape index (κ2) is 7.19. The average Bonchev–Trinajstić information content (AvgIpc) is 3.14. The van der Waals surface area contributed by atoms with Crippen molar-refractivity contribution < 1.29 is 9.59 Å². The normalized spacial score (nSPS) is 11.3. The molecule has 1 atom stereocenters. The Morgan fingerprint density at radius 3 is 2.52 bits per heavy atom. The molecule has 0 radical (unpaired) electrons. The summed E-state index contributed by atoms with van der Waals surface area (Å²) in [6.07, 6.45) is 3.11. The van der Waals surface area contributed by atoms with Crippen molar-refractivity contribution in [3.63, 3.8) is 0 Å². The van der Waals surface area contributed by atoms with Gasteiger partial charge in [0.2, 0.25) is 5.78 Å². The Bertz CT molecular complexity index is 929. The molecule has 1 aromatic carbocycles. The van der Waals surface area contributed by atoms with E-state index in [1.54, 1.807) is 30.5 Å². The SMILES string of the molecule is N#C[C@@H](C(=O)Nc1ccccn1)C(=O)c1ccn(-c2ccccc2)n1. The van der Waals surface area contributed by atoms with Gasteiger partial charge in [-0.05, 0) is 30.3 Å². The lowest BCUT2D eigenvalue weighted by atomic mass is 10.0. The Morgan fingerprint density at radius 1 is 1.08 bits per heavy atom. The molecule has 7 nitrogen and oxygen atoms in total. The molecule has 2 heterocycles. The summed E-state index contributed by atoms with van der Waals surface area (Å²) in [5, 5.41) is 15.9. The van der Waals surface area contributed by atoms with E-state index in [0.29, 0.717) is 0 Å². The van der Waals surface area contributed by atoms with E-state index in [2.05, 4.69) is 15.4 Å². The van der Waals surface area contributed by atoms with Gasteiger partial charge in [-0.15, -0.1) is 0 Å². The van der Waals surface area contributed by atoms with Crippen molar-refractivity contribution in [1.29, 1.82) is 5.26 Å². The van der Waals surface area contributed by atoms with Crippen LogP contribution in [-0.2, 0) is 4.79 Å². The molecule has 25 heavy (non-hydrogen) atoms. The molecular weight excluding hydrogens is 318 g/mol.